The molecule has 0 saturated carbocycles. The molecule has 2 aromatic heterocycles. The van der Waals surface area contributed by atoms with E-state index in [1.807, 2.05) is 61.5 Å². The lowest BCUT2D eigenvalue weighted by molar-refractivity contribution is 0.102. The third kappa shape index (κ3) is 3.25. The van der Waals surface area contributed by atoms with Crippen molar-refractivity contribution in [1.82, 2.24) is 14.6 Å². The van der Waals surface area contributed by atoms with Gasteiger partial charge in [0.15, 0.2) is 5.65 Å². The Morgan fingerprint density at radius 1 is 0.846 bits per heavy atom. The SMILES string of the molecule is Cc1nnc2ccc(C(=O)Nc3ccc(Nc4ccccc4)cc3)cn12. The molecule has 1 amide bonds. The quantitative estimate of drug-likeness (QED) is 0.587. The molecular weight excluding hydrogens is 326 g/mol. The fraction of sp³-hybridized carbons (Fsp3) is 0.0500. The first-order valence-electron chi connectivity index (χ1n) is 8.24. The number of carbonyl (C=O) groups excluding carboxylic acids is 1. The van der Waals surface area contributed by atoms with Gasteiger partial charge in [-0.15, -0.1) is 10.2 Å². The summed E-state index contributed by atoms with van der Waals surface area (Å²) in [6.45, 7) is 1.85. The molecule has 0 saturated heterocycles. The van der Waals surface area contributed by atoms with E-state index in [-0.39, 0.29) is 5.91 Å². The Balaban J connectivity index is 1.47. The first kappa shape index (κ1) is 15.8. The van der Waals surface area contributed by atoms with E-state index in [4.69, 9.17) is 0 Å². The summed E-state index contributed by atoms with van der Waals surface area (Å²) in [5, 5.41) is 14.2. The van der Waals surface area contributed by atoms with Gasteiger partial charge in [0, 0.05) is 23.3 Å². The van der Waals surface area contributed by atoms with Crippen molar-refractivity contribution in [2.24, 2.45) is 0 Å². The number of rotatable bonds is 4. The van der Waals surface area contributed by atoms with Gasteiger partial charge in [0.1, 0.15) is 5.82 Å². The number of hydrogen-bond donors (Lipinski definition) is 2. The zero-order valence-electron chi connectivity index (χ0n) is 14.2. The fourth-order valence-corrected chi connectivity index (χ4v) is 2.67. The average Bonchev–Trinajstić information content (AvgIpc) is 3.04. The van der Waals surface area contributed by atoms with Crippen molar-refractivity contribution in [3.63, 3.8) is 0 Å². The number of aryl methyl sites for hydroxylation is 1. The van der Waals surface area contributed by atoms with Gasteiger partial charge < -0.3 is 10.6 Å². The minimum Gasteiger partial charge on any atom is -0.356 e. The normalized spacial score (nSPS) is 10.7. The van der Waals surface area contributed by atoms with Gasteiger partial charge >= 0.3 is 0 Å². The molecule has 4 rings (SSSR count). The maximum absolute atomic E-state index is 12.5. The van der Waals surface area contributed by atoms with Crippen LogP contribution in [0.1, 0.15) is 16.2 Å². The van der Waals surface area contributed by atoms with Gasteiger partial charge in [0.25, 0.3) is 5.91 Å². The van der Waals surface area contributed by atoms with E-state index in [0.717, 1.165) is 28.5 Å². The number of benzene rings is 2. The Hall–Kier alpha value is -3.67. The molecule has 2 heterocycles. The van der Waals surface area contributed by atoms with Crippen molar-refractivity contribution < 1.29 is 4.79 Å². The first-order valence-corrected chi connectivity index (χ1v) is 8.24. The molecule has 128 valence electrons. The van der Waals surface area contributed by atoms with Gasteiger partial charge in [-0.05, 0) is 55.5 Å². The van der Waals surface area contributed by atoms with E-state index < -0.39 is 0 Å². The van der Waals surface area contributed by atoms with E-state index >= 15 is 0 Å². The second-order valence-corrected chi connectivity index (χ2v) is 5.92. The fourth-order valence-electron chi connectivity index (χ4n) is 2.67. The minimum atomic E-state index is -0.177. The summed E-state index contributed by atoms with van der Waals surface area (Å²) in [6, 6.07) is 21.0. The molecule has 0 bridgehead atoms. The molecule has 2 aromatic carbocycles. The van der Waals surface area contributed by atoms with E-state index in [1.165, 1.54) is 0 Å². The monoisotopic (exact) mass is 343 g/mol. The van der Waals surface area contributed by atoms with Gasteiger partial charge in [0.05, 0.1) is 5.56 Å². The molecule has 6 nitrogen and oxygen atoms in total. The third-order valence-electron chi connectivity index (χ3n) is 4.04. The summed E-state index contributed by atoms with van der Waals surface area (Å²) < 4.78 is 1.79. The van der Waals surface area contributed by atoms with Gasteiger partial charge in [0.2, 0.25) is 0 Å². The molecule has 0 atom stereocenters. The number of amides is 1. The van der Waals surface area contributed by atoms with Crippen molar-refractivity contribution in [3.05, 3.63) is 84.3 Å². The summed E-state index contributed by atoms with van der Waals surface area (Å²) >= 11 is 0. The predicted molar refractivity (Wildman–Crippen MR) is 102 cm³/mol. The number of para-hydroxylation sites is 1. The topological polar surface area (TPSA) is 71.3 Å². The van der Waals surface area contributed by atoms with E-state index in [9.17, 15) is 4.79 Å². The van der Waals surface area contributed by atoms with Crippen LogP contribution in [0.5, 0.6) is 0 Å². The molecule has 0 spiro atoms. The van der Waals surface area contributed by atoms with Crippen LogP contribution in [0.4, 0.5) is 17.1 Å². The zero-order valence-corrected chi connectivity index (χ0v) is 14.2. The van der Waals surface area contributed by atoms with Gasteiger partial charge in [-0.2, -0.15) is 0 Å². The maximum atomic E-state index is 12.5. The van der Waals surface area contributed by atoms with Crippen LogP contribution in [0.2, 0.25) is 0 Å². The summed E-state index contributed by atoms with van der Waals surface area (Å²) in [7, 11) is 0. The lowest BCUT2D eigenvalue weighted by Crippen LogP contribution is -2.12. The van der Waals surface area contributed by atoms with Crippen molar-refractivity contribution in [2.45, 2.75) is 6.92 Å². The van der Waals surface area contributed by atoms with Crippen LogP contribution in [0.15, 0.2) is 72.9 Å². The van der Waals surface area contributed by atoms with E-state index in [1.54, 1.807) is 22.7 Å². The molecular formula is C20H17N5O. The summed E-state index contributed by atoms with van der Waals surface area (Å²) in [5.74, 6) is 0.565. The molecule has 0 unspecified atom stereocenters. The standard InChI is InChI=1S/C20H17N5O/c1-14-23-24-19-12-7-15(13-25(14)19)20(26)22-18-10-8-17(9-11-18)21-16-5-3-2-4-6-16/h2-13,21H,1H3,(H,22,26). The second kappa shape index (κ2) is 6.68. The first-order chi connectivity index (χ1) is 12.7. The highest BCUT2D eigenvalue weighted by atomic mass is 16.1. The summed E-state index contributed by atoms with van der Waals surface area (Å²) in [6.07, 6.45) is 1.74. The average molecular weight is 343 g/mol. The Morgan fingerprint density at radius 3 is 2.31 bits per heavy atom. The molecule has 0 fully saturated rings. The second-order valence-electron chi connectivity index (χ2n) is 5.92. The molecule has 0 aliphatic rings. The Bertz CT molecular complexity index is 1050. The van der Waals surface area contributed by atoms with Crippen LogP contribution in [-0.4, -0.2) is 20.5 Å². The maximum Gasteiger partial charge on any atom is 0.257 e. The molecule has 2 N–H and O–H groups in total. The lowest BCUT2D eigenvalue weighted by Gasteiger charge is -2.09. The highest BCUT2D eigenvalue weighted by molar-refractivity contribution is 6.04. The molecule has 0 aliphatic heterocycles. The number of hydrogen-bond acceptors (Lipinski definition) is 4. The number of carbonyl (C=O) groups is 1. The number of pyridine rings is 1. The Morgan fingerprint density at radius 2 is 1.54 bits per heavy atom. The minimum absolute atomic E-state index is 0.177. The van der Waals surface area contributed by atoms with Crippen LogP contribution in [-0.2, 0) is 0 Å². The third-order valence-corrected chi connectivity index (χ3v) is 4.04. The smallest absolute Gasteiger partial charge is 0.257 e. The van der Waals surface area contributed by atoms with Crippen LogP contribution < -0.4 is 10.6 Å². The van der Waals surface area contributed by atoms with Crippen molar-refractivity contribution in [2.75, 3.05) is 10.6 Å². The molecule has 26 heavy (non-hydrogen) atoms. The Kier molecular flexibility index (Phi) is 4.07. The largest absolute Gasteiger partial charge is 0.356 e. The van der Waals surface area contributed by atoms with Crippen LogP contribution in [0.3, 0.4) is 0 Å². The molecule has 0 radical (unpaired) electrons. The van der Waals surface area contributed by atoms with Gasteiger partial charge in [-0.1, -0.05) is 18.2 Å². The highest BCUT2D eigenvalue weighted by Gasteiger charge is 2.09. The summed E-state index contributed by atoms with van der Waals surface area (Å²) in [5.41, 5.74) is 3.97. The van der Waals surface area contributed by atoms with Crippen LogP contribution in [0.25, 0.3) is 5.65 Å². The van der Waals surface area contributed by atoms with Gasteiger partial charge in [-0.3, -0.25) is 9.20 Å². The highest BCUT2D eigenvalue weighted by Crippen LogP contribution is 2.19. The van der Waals surface area contributed by atoms with Crippen LogP contribution >= 0.6 is 0 Å². The van der Waals surface area contributed by atoms with Crippen molar-refractivity contribution >= 4 is 28.6 Å². The zero-order chi connectivity index (χ0) is 17.9. The van der Waals surface area contributed by atoms with Crippen molar-refractivity contribution in [3.8, 4) is 0 Å². The predicted octanol–water partition coefficient (Wildman–Crippen LogP) is 4.03. The molecule has 6 heteroatoms. The number of fused-ring (bicyclic) bond motifs is 1. The lowest BCUT2D eigenvalue weighted by atomic mass is 10.2. The number of aromatic nitrogens is 3. The molecule has 0 aliphatic carbocycles. The van der Waals surface area contributed by atoms with Gasteiger partial charge in [-0.25, -0.2) is 0 Å². The number of nitrogens with one attached hydrogen (secondary N) is 2. The van der Waals surface area contributed by atoms with Crippen molar-refractivity contribution in [1.29, 1.82) is 0 Å². The Labute approximate surface area is 150 Å². The van der Waals surface area contributed by atoms with Crippen LogP contribution in [0, 0.1) is 6.92 Å². The van der Waals surface area contributed by atoms with E-state index in [0.29, 0.717) is 5.56 Å². The number of nitrogens with zero attached hydrogens (tertiary/aromatic N) is 3. The number of anilines is 3. The van der Waals surface area contributed by atoms with E-state index in [2.05, 4.69) is 20.8 Å². The summed E-state index contributed by atoms with van der Waals surface area (Å²) in [4.78, 5) is 12.5. The molecule has 4 aromatic rings.